The number of rotatable bonds is 8. The second-order valence-electron chi connectivity index (χ2n) is 5.33. The van der Waals surface area contributed by atoms with Crippen LogP contribution in [0, 0.1) is 0 Å². The molecule has 1 aromatic carbocycles. The van der Waals surface area contributed by atoms with Gasteiger partial charge in [0.15, 0.2) is 0 Å². The molecule has 0 bridgehead atoms. The maximum absolute atomic E-state index is 3.44. The van der Waals surface area contributed by atoms with Gasteiger partial charge < -0.3 is 5.32 Å². The highest BCUT2D eigenvalue weighted by molar-refractivity contribution is 5.22. The quantitative estimate of drug-likeness (QED) is 0.711. The van der Waals surface area contributed by atoms with Crippen LogP contribution in [0.2, 0.25) is 0 Å². The standard InChI is InChI=1S/C16H28N2/c1-5-11-17-12-10-15-6-8-16(9-7-15)13-18(4)14(2)3/h6-9,14,17H,5,10-13H2,1-4H3. The molecule has 2 nitrogen and oxygen atoms in total. The predicted molar refractivity (Wildman–Crippen MR) is 79.9 cm³/mol. The molecular formula is C16H28N2. The average Bonchev–Trinajstić information content (AvgIpc) is 2.36. The summed E-state index contributed by atoms with van der Waals surface area (Å²) in [5.41, 5.74) is 2.83. The molecule has 0 radical (unpaired) electrons. The van der Waals surface area contributed by atoms with Gasteiger partial charge in [0, 0.05) is 12.6 Å². The highest BCUT2D eigenvalue weighted by Gasteiger charge is 2.03. The van der Waals surface area contributed by atoms with Crippen molar-refractivity contribution < 1.29 is 0 Å². The summed E-state index contributed by atoms with van der Waals surface area (Å²) in [5.74, 6) is 0. The highest BCUT2D eigenvalue weighted by atomic mass is 15.1. The SMILES string of the molecule is CCCNCCc1ccc(CN(C)C(C)C)cc1. The average molecular weight is 248 g/mol. The van der Waals surface area contributed by atoms with E-state index in [2.05, 4.69) is 62.3 Å². The smallest absolute Gasteiger partial charge is 0.0233 e. The van der Waals surface area contributed by atoms with Gasteiger partial charge in [0.25, 0.3) is 0 Å². The highest BCUT2D eigenvalue weighted by Crippen LogP contribution is 2.08. The van der Waals surface area contributed by atoms with Crippen molar-refractivity contribution in [2.75, 3.05) is 20.1 Å². The van der Waals surface area contributed by atoms with Crippen molar-refractivity contribution in [2.24, 2.45) is 0 Å². The second-order valence-corrected chi connectivity index (χ2v) is 5.33. The number of hydrogen-bond donors (Lipinski definition) is 1. The first-order valence-electron chi connectivity index (χ1n) is 7.12. The van der Waals surface area contributed by atoms with Crippen LogP contribution in [0.3, 0.4) is 0 Å². The van der Waals surface area contributed by atoms with E-state index in [1.54, 1.807) is 0 Å². The van der Waals surface area contributed by atoms with Crippen molar-refractivity contribution in [1.82, 2.24) is 10.2 Å². The van der Waals surface area contributed by atoms with Gasteiger partial charge >= 0.3 is 0 Å². The van der Waals surface area contributed by atoms with Gasteiger partial charge in [0.05, 0.1) is 0 Å². The lowest BCUT2D eigenvalue weighted by Crippen LogP contribution is -2.25. The summed E-state index contributed by atoms with van der Waals surface area (Å²) in [5, 5.41) is 3.44. The van der Waals surface area contributed by atoms with E-state index in [-0.39, 0.29) is 0 Å². The Hall–Kier alpha value is -0.860. The molecule has 0 spiro atoms. The van der Waals surface area contributed by atoms with Crippen LogP contribution in [0.4, 0.5) is 0 Å². The summed E-state index contributed by atoms with van der Waals surface area (Å²) >= 11 is 0. The first kappa shape index (κ1) is 15.2. The minimum atomic E-state index is 0.600. The van der Waals surface area contributed by atoms with Crippen molar-refractivity contribution in [2.45, 2.75) is 46.2 Å². The Kier molecular flexibility index (Phi) is 6.99. The van der Waals surface area contributed by atoms with Gasteiger partial charge in [-0.05, 0) is 58.0 Å². The second kappa shape index (κ2) is 8.28. The molecule has 18 heavy (non-hydrogen) atoms. The van der Waals surface area contributed by atoms with Crippen LogP contribution in [-0.2, 0) is 13.0 Å². The van der Waals surface area contributed by atoms with E-state index < -0.39 is 0 Å². The Bertz CT molecular complexity index is 316. The van der Waals surface area contributed by atoms with Gasteiger partial charge in [-0.25, -0.2) is 0 Å². The Balaban J connectivity index is 2.37. The topological polar surface area (TPSA) is 15.3 Å². The third-order valence-electron chi connectivity index (χ3n) is 3.35. The summed E-state index contributed by atoms with van der Waals surface area (Å²) in [6, 6.07) is 9.64. The molecule has 0 amide bonds. The maximum atomic E-state index is 3.44. The van der Waals surface area contributed by atoms with Crippen LogP contribution in [-0.4, -0.2) is 31.1 Å². The minimum Gasteiger partial charge on any atom is -0.316 e. The van der Waals surface area contributed by atoms with E-state index in [1.165, 1.54) is 17.5 Å². The van der Waals surface area contributed by atoms with E-state index in [1.807, 2.05) is 0 Å². The number of hydrogen-bond acceptors (Lipinski definition) is 2. The molecule has 0 saturated heterocycles. The van der Waals surface area contributed by atoms with E-state index in [4.69, 9.17) is 0 Å². The molecule has 0 aliphatic heterocycles. The van der Waals surface area contributed by atoms with Crippen LogP contribution in [0.15, 0.2) is 24.3 Å². The van der Waals surface area contributed by atoms with E-state index in [0.29, 0.717) is 6.04 Å². The molecule has 1 aromatic rings. The van der Waals surface area contributed by atoms with E-state index in [0.717, 1.165) is 26.1 Å². The van der Waals surface area contributed by atoms with Gasteiger partial charge in [-0.15, -0.1) is 0 Å². The Labute approximate surface area is 112 Å². The largest absolute Gasteiger partial charge is 0.316 e. The number of nitrogens with one attached hydrogen (secondary N) is 1. The van der Waals surface area contributed by atoms with Crippen LogP contribution >= 0.6 is 0 Å². The molecule has 2 heteroatoms. The van der Waals surface area contributed by atoms with Gasteiger partial charge in [-0.3, -0.25) is 4.90 Å². The molecule has 0 aliphatic rings. The monoisotopic (exact) mass is 248 g/mol. The summed E-state index contributed by atoms with van der Waals surface area (Å²) < 4.78 is 0. The fourth-order valence-corrected chi connectivity index (χ4v) is 1.82. The van der Waals surface area contributed by atoms with Gasteiger partial charge in [-0.2, -0.15) is 0 Å². The number of benzene rings is 1. The lowest BCUT2D eigenvalue weighted by atomic mass is 10.1. The van der Waals surface area contributed by atoms with Crippen LogP contribution in [0.25, 0.3) is 0 Å². The number of nitrogens with zero attached hydrogens (tertiary/aromatic N) is 1. The third-order valence-corrected chi connectivity index (χ3v) is 3.35. The lowest BCUT2D eigenvalue weighted by molar-refractivity contribution is 0.266. The first-order chi connectivity index (χ1) is 8.63. The van der Waals surface area contributed by atoms with Crippen molar-refractivity contribution in [3.63, 3.8) is 0 Å². The molecular weight excluding hydrogens is 220 g/mol. The Morgan fingerprint density at radius 3 is 2.22 bits per heavy atom. The zero-order valence-electron chi connectivity index (χ0n) is 12.4. The van der Waals surface area contributed by atoms with Crippen molar-refractivity contribution >= 4 is 0 Å². The summed E-state index contributed by atoms with van der Waals surface area (Å²) in [6.07, 6.45) is 2.33. The third kappa shape index (κ3) is 5.65. The minimum absolute atomic E-state index is 0.600. The van der Waals surface area contributed by atoms with Crippen LogP contribution < -0.4 is 5.32 Å². The fraction of sp³-hybridized carbons (Fsp3) is 0.625. The van der Waals surface area contributed by atoms with Crippen LogP contribution in [0.5, 0.6) is 0 Å². The van der Waals surface area contributed by atoms with E-state index in [9.17, 15) is 0 Å². The normalized spacial score (nSPS) is 11.4. The van der Waals surface area contributed by atoms with Crippen molar-refractivity contribution in [1.29, 1.82) is 0 Å². The molecule has 1 N–H and O–H groups in total. The van der Waals surface area contributed by atoms with Gasteiger partial charge in [0.1, 0.15) is 0 Å². The van der Waals surface area contributed by atoms with Crippen molar-refractivity contribution in [3.05, 3.63) is 35.4 Å². The molecule has 0 heterocycles. The lowest BCUT2D eigenvalue weighted by Gasteiger charge is -2.21. The van der Waals surface area contributed by atoms with E-state index >= 15 is 0 Å². The van der Waals surface area contributed by atoms with Crippen LogP contribution in [0.1, 0.15) is 38.3 Å². The molecule has 0 saturated carbocycles. The molecule has 0 unspecified atom stereocenters. The zero-order valence-corrected chi connectivity index (χ0v) is 12.4. The Morgan fingerprint density at radius 1 is 1.06 bits per heavy atom. The summed E-state index contributed by atoms with van der Waals surface area (Å²) in [6.45, 7) is 9.90. The van der Waals surface area contributed by atoms with Crippen molar-refractivity contribution in [3.8, 4) is 0 Å². The molecule has 0 atom stereocenters. The predicted octanol–water partition coefficient (Wildman–Crippen LogP) is 3.07. The summed E-state index contributed by atoms with van der Waals surface area (Å²) in [7, 11) is 2.17. The summed E-state index contributed by atoms with van der Waals surface area (Å²) in [4.78, 5) is 2.36. The Morgan fingerprint density at radius 2 is 1.67 bits per heavy atom. The molecule has 0 fully saturated rings. The first-order valence-corrected chi connectivity index (χ1v) is 7.12. The molecule has 0 aliphatic carbocycles. The molecule has 0 aromatic heterocycles. The van der Waals surface area contributed by atoms with Gasteiger partial charge in [-0.1, -0.05) is 31.2 Å². The fourth-order valence-electron chi connectivity index (χ4n) is 1.82. The molecule has 102 valence electrons. The maximum Gasteiger partial charge on any atom is 0.0233 e. The van der Waals surface area contributed by atoms with Gasteiger partial charge in [0.2, 0.25) is 0 Å². The molecule has 1 rings (SSSR count). The zero-order chi connectivity index (χ0) is 13.4.